The standard InChI is InChI=1S/C21H24N4O2/c1-14-20(15(2)27-23-14)13-25-19-8-7-18(21(25)26)11-24(12-19)10-17-5-3-16(9-22)4-6-17/h3-6,18-19H,7-8,10-13H2,1-2H3. The van der Waals surface area contributed by atoms with E-state index in [4.69, 9.17) is 9.78 Å². The van der Waals surface area contributed by atoms with Gasteiger partial charge in [-0.2, -0.15) is 5.26 Å². The summed E-state index contributed by atoms with van der Waals surface area (Å²) in [6.07, 6.45) is 2.01. The number of aromatic nitrogens is 1. The molecule has 1 amide bonds. The minimum absolute atomic E-state index is 0.0580. The first-order valence-corrected chi connectivity index (χ1v) is 9.48. The molecule has 0 radical (unpaired) electrons. The first-order chi connectivity index (χ1) is 13.0. The van der Waals surface area contributed by atoms with Crippen LogP contribution in [0.4, 0.5) is 0 Å². The molecule has 6 nitrogen and oxygen atoms in total. The Kier molecular flexibility index (Phi) is 4.71. The summed E-state index contributed by atoms with van der Waals surface area (Å²) in [6.45, 7) is 6.92. The van der Waals surface area contributed by atoms with Gasteiger partial charge in [-0.15, -0.1) is 0 Å². The van der Waals surface area contributed by atoms with Crippen LogP contribution in [0.25, 0.3) is 0 Å². The van der Waals surface area contributed by atoms with Crippen molar-refractivity contribution in [3.05, 3.63) is 52.4 Å². The summed E-state index contributed by atoms with van der Waals surface area (Å²) in [4.78, 5) is 17.5. The van der Waals surface area contributed by atoms with Gasteiger partial charge >= 0.3 is 0 Å². The average molecular weight is 364 g/mol. The predicted molar refractivity (Wildman–Crippen MR) is 99.5 cm³/mol. The molecule has 3 fully saturated rings. The van der Waals surface area contributed by atoms with Gasteiger partial charge in [-0.1, -0.05) is 17.3 Å². The highest BCUT2D eigenvalue weighted by Gasteiger charge is 2.41. The van der Waals surface area contributed by atoms with Crippen LogP contribution in [0, 0.1) is 31.1 Å². The fourth-order valence-electron chi connectivity index (χ4n) is 4.31. The lowest BCUT2D eigenvalue weighted by atomic mass is 9.93. The highest BCUT2D eigenvalue weighted by Crippen LogP contribution is 2.32. The SMILES string of the molecule is Cc1noc(C)c1CN1C(=O)C2CCC1CN(Cc1ccc(C#N)cc1)C2. The topological polar surface area (TPSA) is 73.4 Å². The largest absolute Gasteiger partial charge is 0.361 e. The van der Waals surface area contributed by atoms with Crippen LogP contribution in [0.5, 0.6) is 0 Å². The maximum absolute atomic E-state index is 13.0. The molecule has 3 aliphatic rings. The molecule has 4 heterocycles. The Morgan fingerprint density at radius 3 is 2.63 bits per heavy atom. The molecule has 0 saturated carbocycles. The van der Waals surface area contributed by atoms with Gasteiger partial charge in [-0.3, -0.25) is 9.69 Å². The molecule has 3 aliphatic heterocycles. The first-order valence-electron chi connectivity index (χ1n) is 9.48. The second-order valence-electron chi connectivity index (χ2n) is 7.70. The third kappa shape index (κ3) is 3.47. The molecule has 27 heavy (non-hydrogen) atoms. The van der Waals surface area contributed by atoms with Crippen LogP contribution in [0.15, 0.2) is 28.8 Å². The van der Waals surface area contributed by atoms with E-state index in [0.29, 0.717) is 12.1 Å². The summed E-state index contributed by atoms with van der Waals surface area (Å²) in [5.74, 6) is 1.12. The van der Waals surface area contributed by atoms with Crippen molar-refractivity contribution in [1.29, 1.82) is 5.26 Å². The van der Waals surface area contributed by atoms with Crippen molar-refractivity contribution in [1.82, 2.24) is 15.0 Å². The highest BCUT2D eigenvalue weighted by molar-refractivity contribution is 5.80. The summed E-state index contributed by atoms with van der Waals surface area (Å²) in [5, 5.41) is 13.0. The molecule has 2 unspecified atom stereocenters. The number of fused-ring (bicyclic) bond motifs is 4. The second-order valence-corrected chi connectivity index (χ2v) is 7.70. The minimum Gasteiger partial charge on any atom is -0.361 e. The van der Waals surface area contributed by atoms with Crippen molar-refractivity contribution in [2.75, 3.05) is 13.1 Å². The number of amides is 1. The molecule has 0 spiro atoms. The zero-order valence-electron chi connectivity index (χ0n) is 15.8. The fourth-order valence-corrected chi connectivity index (χ4v) is 4.31. The van der Waals surface area contributed by atoms with Crippen LogP contribution in [0.3, 0.4) is 0 Å². The van der Waals surface area contributed by atoms with Gasteiger partial charge in [0.05, 0.1) is 29.8 Å². The zero-order chi connectivity index (χ0) is 19.0. The Bertz CT molecular complexity index is 861. The molecule has 6 heteroatoms. The first kappa shape index (κ1) is 17.7. The van der Waals surface area contributed by atoms with Gasteiger partial charge in [0.15, 0.2) is 0 Å². The van der Waals surface area contributed by atoms with Crippen LogP contribution in [-0.4, -0.2) is 40.0 Å². The van der Waals surface area contributed by atoms with Crippen molar-refractivity contribution < 1.29 is 9.32 Å². The van der Waals surface area contributed by atoms with Gasteiger partial charge in [0, 0.05) is 31.2 Å². The van der Waals surface area contributed by atoms with Crippen LogP contribution in [-0.2, 0) is 17.9 Å². The Morgan fingerprint density at radius 2 is 1.96 bits per heavy atom. The second kappa shape index (κ2) is 7.16. The fraction of sp³-hybridized carbons (Fsp3) is 0.476. The number of hydrogen-bond donors (Lipinski definition) is 0. The summed E-state index contributed by atoms with van der Waals surface area (Å²) >= 11 is 0. The van der Waals surface area contributed by atoms with Gasteiger partial charge in [-0.25, -0.2) is 0 Å². The van der Waals surface area contributed by atoms with E-state index in [1.807, 2.05) is 43.0 Å². The molecule has 1 aromatic heterocycles. The quantitative estimate of drug-likeness (QED) is 0.834. The Balaban J connectivity index is 1.50. The van der Waals surface area contributed by atoms with Gasteiger partial charge in [0.2, 0.25) is 5.91 Å². The summed E-state index contributed by atoms with van der Waals surface area (Å²) < 4.78 is 5.28. The number of aryl methyl sites for hydroxylation is 2. The lowest BCUT2D eigenvalue weighted by Crippen LogP contribution is -2.47. The van der Waals surface area contributed by atoms with E-state index < -0.39 is 0 Å². The Morgan fingerprint density at radius 1 is 1.19 bits per heavy atom. The molecule has 0 N–H and O–H groups in total. The summed E-state index contributed by atoms with van der Waals surface area (Å²) in [7, 11) is 0. The van der Waals surface area contributed by atoms with Crippen LogP contribution in [0.2, 0.25) is 0 Å². The van der Waals surface area contributed by atoms with E-state index in [0.717, 1.165) is 49.5 Å². The van der Waals surface area contributed by atoms with Crippen molar-refractivity contribution >= 4 is 5.91 Å². The number of carbonyl (C=O) groups excluding carboxylic acids is 1. The summed E-state index contributed by atoms with van der Waals surface area (Å²) in [6, 6.07) is 10.1. The number of nitriles is 1. The molecule has 0 aliphatic carbocycles. The lowest BCUT2D eigenvalue weighted by Gasteiger charge is -2.36. The molecule has 2 bridgehead atoms. The predicted octanol–water partition coefficient (Wildman–Crippen LogP) is 2.79. The van der Waals surface area contributed by atoms with Crippen LogP contribution >= 0.6 is 0 Å². The van der Waals surface area contributed by atoms with Gasteiger partial charge < -0.3 is 9.42 Å². The van der Waals surface area contributed by atoms with Crippen molar-refractivity contribution in [2.45, 2.75) is 45.8 Å². The number of piperidine rings is 1. The maximum Gasteiger partial charge on any atom is 0.227 e. The van der Waals surface area contributed by atoms with Crippen molar-refractivity contribution in [3.8, 4) is 6.07 Å². The molecule has 3 saturated heterocycles. The van der Waals surface area contributed by atoms with Gasteiger partial charge in [0.25, 0.3) is 0 Å². The number of rotatable bonds is 4. The minimum atomic E-state index is 0.0580. The van der Waals surface area contributed by atoms with E-state index in [1.165, 1.54) is 5.56 Å². The normalized spacial score (nSPS) is 22.7. The van der Waals surface area contributed by atoms with Gasteiger partial charge in [0.1, 0.15) is 5.76 Å². The van der Waals surface area contributed by atoms with E-state index in [1.54, 1.807) is 0 Å². The zero-order valence-corrected chi connectivity index (χ0v) is 15.8. The van der Waals surface area contributed by atoms with E-state index in [-0.39, 0.29) is 17.9 Å². The summed E-state index contributed by atoms with van der Waals surface area (Å²) in [5.41, 5.74) is 3.76. The average Bonchev–Trinajstić information content (AvgIpc) is 2.83. The van der Waals surface area contributed by atoms with Crippen molar-refractivity contribution in [3.63, 3.8) is 0 Å². The molecular weight excluding hydrogens is 340 g/mol. The monoisotopic (exact) mass is 364 g/mol. The Labute approximate surface area is 159 Å². The van der Waals surface area contributed by atoms with E-state index in [2.05, 4.69) is 16.1 Å². The van der Waals surface area contributed by atoms with Crippen molar-refractivity contribution in [2.24, 2.45) is 5.92 Å². The highest BCUT2D eigenvalue weighted by atomic mass is 16.5. The number of nitrogens with zero attached hydrogens (tertiary/aromatic N) is 4. The van der Waals surface area contributed by atoms with E-state index in [9.17, 15) is 4.79 Å². The lowest BCUT2D eigenvalue weighted by molar-refractivity contribution is -0.140. The number of carbonyl (C=O) groups is 1. The van der Waals surface area contributed by atoms with Crippen LogP contribution in [0.1, 0.15) is 41.0 Å². The smallest absolute Gasteiger partial charge is 0.227 e. The molecule has 2 aromatic rings. The number of benzene rings is 1. The van der Waals surface area contributed by atoms with Crippen LogP contribution < -0.4 is 0 Å². The maximum atomic E-state index is 13.0. The van der Waals surface area contributed by atoms with E-state index >= 15 is 0 Å². The molecule has 5 rings (SSSR count). The third-order valence-electron chi connectivity index (χ3n) is 5.87. The third-order valence-corrected chi connectivity index (χ3v) is 5.87. The van der Waals surface area contributed by atoms with Gasteiger partial charge in [-0.05, 0) is 44.4 Å². The molecule has 2 atom stereocenters. The molecule has 1 aromatic carbocycles. The number of hydrogen-bond acceptors (Lipinski definition) is 5. The molecular formula is C21H24N4O2. The molecule has 140 valence electrons. The Hall–Kier alpha value is -2.65.